The van der Waals surface area contributed by atoms with E-state index in [-0.39, 0.29) is 22.4 Å². The zero-order chi connectivity index (χ0) is 19.7. The zero-order valence-corrected chi connectivity index (χ0v) is 14.1. The molecule has 0 aliphatic rings. The van der Waals surface area contributed by atoms with Gasteiger partial charge in [-0.25, -0.2) is 0 Å². The summed E-state index contributed by atoms with van der Waals surface area (Å²) >= 11 is 0.352. The Kier molecular flexibility index (Phi) is 5.60. The standard InChI is InChI=1S/C17H13F6NOS/c1-2-9-7-14(12(17(21,22)23)8-10(9)15(24)25)26-13-6-4-3-5-11(13)16(18,19)20/h3-8H,2H2,1H3,(H2,24,25). The summed E-state index contributed by atoms with van der Waals surface area (Å²) in [4.78, 5) is 10.6. The Hall–Kier alpha value is -2.16. The van der Waals surface area contributed by atoms with E-state index in [9.17, 15) is 31.1 Å². The molecule has 0 fully saturated rings. The maximum Gasteiger partial charge on any atom is 0.417 e. The van der Waals surface area contributed by atoms with Gasteiger partial charge in [0.2, 0.25) is 5.91 Å². The Balaban J connectivity index is 2.65. The Bertz CT molecular complexity index is 829. The fourth-order valence-corrected chi connectivity index (χ4v) is 3.52. The van der Waals surface area contributed by atoms with Gasteiger partial charge in [0.15, 0.2) is 0 Å². The minimum absolute atomic E-state index is 0.199. The molecular weight excluding hydrogens is 380 g/mol. The molecule has 0 unspecified atom stereocenters. The van der Waals surface area contributed by atoms with Crippen LogP contribution in [0.2, 0.25) is 0 Å². The van der Waals surface area contributed by atoms with Crippen LogP contribution in [0.15, 0.2) is 46.2 Å². The molecule has 2 N–H and O–H groups in total. The lowest BCUT2D eigenvalue weighted by molar-refractivity contribution is -0.140. The van der Waals surface area contributed by atoms with Gasteiger partial charge in [-0.2, -0.15) is 26.3 Å². The summed E-state index contributed by atoms with van der Waals surface area (Å²) in [7, 11) is 0. The van der Waals surface area contributed by atoms with Gasteiger partial charge in [0.25, 0.3) is 0 Å². The van der Waals surface area contributed by atoms with E-state index in [2.05, 4.69) is 0 Å². The number of rotatable bonds is 4. The largest absolute Gasteiger partial charge is 0.417 e. The summed E-state index contributed by atoms with van der Waals surface area (Å²) in [6.07, 6.45) is -9.36. The van der Waals surface area contributed by atoms with Gasteiger partial charge >= 0.3 is 12.4 Å². The maximum absolute atomic E-state index is 13.4. The monoisotopic (exact) mass is 393 g/mol. The summed E-state index contributed by atoms with van der Waals surface area (Å²) < 4.78 is 79.4. The number of hydrogen-bond acceptors (Lipinski definition) is 2. The molecule has 140 valence electrons. The summed E-state index contributed by atoms with van der Waals surface area (Å²) in [5.74, 6) is -1.03. The number of carbonyl (C=O) groups is 1. The van der Waals surface area contributed by atoms with Crippen molar-refractivity contribution in [2.75, 3.05) is 0 Å². The third-order valence-corrected chi connectivity index (χ3v) is 4.70. The first-order chi connectivity index (χ1) is 11.9. The second kappa shape index (κ2) is 7.22. The predicted molar refractivity (Wildman–Crippen MR) is 84.9 cm³/mol. The highest BCUT2D eigenvalue weighted by Gasteiger charge is 2.37. The molecule has 0 aromatic heterocycles. The molecule has 2 rings (SSSR count). The third kappa shape index (κ3) is 4.32. The lowest BCUT2D eigenvalue weighted by Crippen LogP contribution is -2.17. The van der Waals surface area contributed by atoms with Gasteiger partial charge < -0.3 is 5.73 Å². The van der Waals surface area contributed by atoms with Crippen LogP contribution in [0.1, 0.15) is 34.0 Å². The van der Waals surface area contributed by atoms with Gasteiger partial charge in [-0.1, -0.05) is 30.8 Å². The topological polar surface area (TPSA) is 43.1 Å². The Labute approximate surface area is 149 Å². The molecule has 0 spiro atoms. The molecule has 0 saturated carbocycles. The smallest absolute Gasteiger partial charge is 0.366 e. The fraction of sp³-hybridized carbons (Fsp3) is 0.235. The average molecular weight is 393 g/mol. The van der Waals surface area contributed by atoms with E-state index in [1.165, 1.54) is 6.07 Å². The number of aryl methyl sites for hydroxylation is 1. The molecule has 1 amide bonds. The van der Waals surface area contributed by atoms with Crippen molar-refractivity contribution >= 4 is 17.7 Å². The molecule has 0 aliphatic carbocycles. The number of benzene rings is 2. The predicted octanol–water partition coefficient (Wildman–Crippen LogP) is 5.54. The van der Waals surface area contributed by atoms with Crippen LogP contribution in [0.25, 0.3) is 0 Å². The molecule has 0 bridgehead atoms. The van der Waals surface area contributed by atoms with E-state index in [4.69, 9.17) is 5.73 Å². The molecule has 0 saturated heterocycles. The second-order valence-corrected chi connectivity index (χ2v) is 6.40. The minimum Gasteiger partial charge on any atom is -0.366 e. The van der Waals surface area contributed by atoms with Gasteiger partial charge in [-0.15, -0.1) is 0 Å². The van der Waals surface area contributed by atoms with Crippen LogP contribution in [-0.2, 0) is 18.8 Å². The Morgan fingerprint density at radius 3 is 2.04 bits per heavy atom. The first kappa shape index (κ1) is 20.2. The van der Waals surface area contributed by atoms with Gasteiger partial charge in [-0.05, 0) is 36.2 Å². The van der Waals surface area contributed by atoms with Crippen LogP contribution in [0.5, 0.6) is 0 Å². The van der Waals surface area contributed by atoms with Crippen molar-refractivity contribution in [1.29, 1.82) is 0 Å². The lowest BCUT2D eigenvalue weighted by Gasteiger charge is -2.18. The zero-order valence-electron chi connectivity index (χ0n) is 13.3. The summed E-state index contributed by atoms with van der Waals surface area (Å²) in [6.45, 7) is 1.60. The van der Waals surface area contributed by atoms with Gasteiger partial charge in [0, 0.05) is 15.4 Å². The highest BCUT2D eigenvalue weighted by atomic mass is 32.2. The number of hydrogen-bond donors (Lipinski definition) is 1. The summed E-state index contributed by atoms with van der Waals surface area (Å²) in [5.41, 5.74) is 2.82. The average Bonchev–Trinajstić information content (AvgIpc) is 2.52. The van der Waals surface area contributed by atoms with Crippen molar-refractivity contribution < 1.29 is 31.1 Å². The molecule has 2 aromatic carbocycles. The Morgan fingerprint density at radius 2 is 1.54 bits per heavy atom. The van der Waals surface area contributed by atoms with Crippen LogP contribution in [0.4, 0.5) is 26.3 Å². The van der Waals surface area contributed by atoms with E-state index >= 15 is 0 Å². The van der Waals surface area contributed by atoms with Crippen LogP contribution >= 0.6 is 11.8 Å². The highest BCUT2D eigenvalue weighted by molar-refractivity contribution is 7.99. The molecule has 0 heterocycles. The fourth-order valence-electron chi connectivity index (χ4n) is 2.36. The summed E-state index contributed by atoms with van der Waals surface area (Å²) in [5, 5.41) is 0. The van der Waals surface area contributed by atoms with E-state index < -0.39 is 34.3 Å². The Morgan fingerprint density at radius 1 is 0.962 bits per heavy atom. The van der Waals surface area contributed by atoms with Crippen molar-refractivity contribution in [3.63, 3.8) is 0 Å². The van der Waals surface area contributed by atoms with E-state index in [0.29, 0.717) is 17.8 Å². The second-order valence-electron chi connectivity index (χ2n) is 5.32. The molecule has 26 heavy (non-hydrogen) atoms. The molecule has 0 atom stereocenters. The molecule has 2 nitrogen and oxygen atoms in total. The van der Waals surface area contributed by atoms with Gasteiger partial charge in [0.05, 0.1) is 11.1 Å². The lowest BCUT2D eigenvalue weighted by atomic mass is 10.0. The normalized spacial score (nSPS) is 12.3. The van der Waals surface area contributed by atoms with Crippen molar-refractivity contribution in [3.05, 3.63) is 58.7 Å². The number of alkyl halides is 6. The molecule has 0 aliphatic heterocycles. The molecular formula is C17H13F6NOS. The molecule has 9 heteroatoms. The number of primary amides is 1. The summed E-state index contributed by atoms with van der Waals surface area (Å²) in [6, 6.07) is 6.03. The molecule has 2 aromatic rings. The van der Waals surface area contributed by atoms with Crippen molar-refractivity contribution in [2.45, 2.75) is 35.5 Å². The minimum atomic E-state index is -4.86. The van der Waals surface area contributed by atoms with Crippen LogP contribution in [0, 0.1) is 0 Å². The van der Waals surface area contributed by atoms with E-state index in [1.54, 1.807) is 6.92 Å². The quantitative estimate of drug-likeness (QED) is 0.694. The van der Waals surface area contributed by atoms with Crippen molar-refractivity contribution in [1.82, 2.24) is 0 Å². The first-order valence-electron chi connectivity index (χ1n) is 7.33. The number of halogens is 6. The van der Waals surface area contributed by atoms with Gasteiger partial charge in [0.1, 0.15) is 0 Å². The van der Waals surface area contributed by atoms with Crippen molar-refractivity contribution in [2.24, 2.45) is 5.73 Å². The van der Waals surface area contributed by atoms with E-state index in [0.717, 1.165) is 24.3 Å². The third-order valence-electron chi connectivity index (χ3n) is 3.57. The number of nitrogens with two attached hydrogens (primary N) is 1. The van der Waals surface area contributed by atoms with Crippen molar-refractivity contribution in [3.8, 4) is 0 Å². The van der Waals surface area contributed by atoms with Crippen LogP contribution in [-0.4, -0.2) is 5.91 Å². The molecule has 0 radical (unpaired) electrons. The first-order valence-corrected chi connectivity index (χ1v) is 8.14. The highest BCUT2D eigenvalue weighted by Crippen LogP contribution is 2.44. The van der Waals surface area contributed by atoms with Gasteiger partial charge in [-0.3, -0.25) is 4.79 Å². The number of carbonyl (C=O) groups excluding carboxylic acids is 1. The van der Waals surface area contributed by atoms with Crippen LogP contribution < -0.4 is 5.73 Å². The SMILES string of the molecule is CCc1cc(Sc2ccccc2C(F)(F)F)c(C(F)(F)F)cc1C(N)=O. The van der Waals surface area contributed by atoms with E-state index in [1.807, 2.05) is 0 Å². The maximum atomic E-state index is 13.4. The number of amides is 1. The van der Waals surface area contributed by atoms with Crippen LogP contribution in [0.3, 0.4) is 0 Å².